The van der Waals surface area contributed by atoms with Gasteiger partial charge in [-0.05, 0) is 91.7 Å². The number of carbonyl (C=O) groups excluding carboxylic acids is 1. The van der Waals surface area contributed by atoms with Crippen LogP contribution >= 0.6 is 0 Å². The van der Waals surface area contributed by atoms with Crippen LogP contribution in [0.4, 0.5) is 4.39 Å². The average molecular weight is 933 g/mol. The third-order valence-corrected chi connectivity index (χ3v) is 10.9. The standard InChI is InChI=1S/C37H35FNO.C13H24O2.Ir/c1-21(2)16-24-17-22(3)32(23(4)18-24)30-13-12-28-29-14-15-39-34(36(29)40-35(28)33(30)38)26-19-25-10-8-9-11-27(25)31(20-26)37(5,6)7;1-5-10(6-2)12(14)9-13(15)11(7-3)8-4;/h8-15,17-18,20-21H,16H2,1-7H3;9-11,14H,5-8H2,1-4H3;/q-1;;/b;12-9-;. The molecular weight excluding hydrogens is 874 g/mol. The van der Waals surface area contributed by atoms with Gasteiger partial charge in [0, 0.05) is 66.2 Å². The number of aromatic nitrogens is 1. The van der Waals surface area contributed by atoms with Crippen LogP contribution in [0, 0.1) is 43.5 Å². The summed E-state index contributed by atoms with van der Waals surface area (Å²) in [6.07, 6.45) is 7.69. The third kappa shape index (κ3) is 9.52. The number of ketones is 1. The molecule has 0 aliphatic carbocycles. The number of rotatable bonds is 11. The molecule has 56 heavy (non-hydrogen) atoms. The molecule has 6 rings (SSSR count). The van der Waals surface area contributed by atoms with Gasteiger partial charge in [0.05, 0.1) is 5.76 Å². The van der Waals surface area contributed by atoms with E-state index in [0.29, 0.717) is 22.8 Å². The van der Waals surface area contributed by atoms with Crippen molar-refractivity contribution < 1.29 is 38.8 Å². The number of halogens is 1. The van der Waals surface area contributed by atoms with E-state index >= 15 is 4.39 Å². The first-order chi connectivity index (χ1) is 26.1. The number of allylic oxidation sites excluding steroid dienone is 2. The van der Waals surface area contributed by atoms with Crippen molar-refractivity contribution in [3.63, 3.8) is 0 Å². The van der Waals surface area contributed by atoms with Gasteiger partial charge in [-0.2, -0.15) is 0 Å². The average Bonchev–Trinajstić information content (AvgIpc) is 3.52. The van der Waals surface area contributed by atoms with E-state index in [1.54, 1.807) is 6.20 Å². The number of benzene rings is 4. The van der Waals surface area contributed by atoms with Crippen molar-refractivity contribution in [2.24, 2.45) is 17.8 Å². The Kier molecular flexibility index (Phi) is 15.0. The van der Waals surface area contributed by atoms with Gasteiger partial charge in [-0.25, -0.2) is 4.39 Å². The van der Waals surface area contributed by atoms with Crippen LogP contribution in [0.25, 0.3) is 55.1 Å². The zero-order valence-corrected chi connectivity index (χ0v) is 37.5. The zero-order chi connectivity index (χ0) is 40.2. The van der Waals surface area contributed by atoms with Crippen LogP contribution in [0.2, 0.25) is 0 Å². The molecule has 299 valence electrons. The largest absolute Gasteiger partial charge is 0.512 e. The first-order valence-electron chi connectivity index (χ1n) is 20.1. The summed E-state index contributed by atoms with van der Waals surface area (Å²) in [4.78, 5) is 16.4. The SMILES string of the molecule is CCC(CC)C(=O)/C=C(\O)C(CC)CC.Cc1cc(CC(C)C)cc(C)c1-c1ccc2c(oc3c(-c4[c-]c5ccccc5c(C(C)(C)C)c4)nccc32)c1F.[Ir]. The topological polar surface area (TPSA) is 63.3 Å². The first kappa shape index (κ1) is 44.6. The van der Waals surface area contributed by atoms with Gasteiger partial charge in [-0.1, -0.05) is 110 Å². The van der Waals surface area contributed by atoms with E-state index in [9.17, 15) is 9.90 Å². The molecule has 4 aromatic carbocycles. The molecule has 0 amide bonds. The van der Waals surface area contributed by atoms with Gasteiger partial charge >= 0.3 is 0 Å². The molecule has 4 nitrogen and oxygen atoms in total. The molecule has 0 aliphatic rings. The molecule has 1 N–H and O–H groups in total. The fourth-order valence-electron chi connectivity index (χ4n) is 7.94. The Morgan fingerprint density at radius 2 is 1.46 bits per heavy atom. The molecule has 6 aromatic rings. The van der Waals surface area contributed by atoms with E-state index < -0.39 is 0 Å². The fourth-order valence-corrected chi connectivity index (χ4v) is 7.94. The van der Waals surface area contributed by atoms with E-state index in [4.69, 9.17) is 9.40 Å². The van der Waals surface area contributed by atoms with Gasteiger partial charge in [0.1, 0.15) is 5.58 Å². The predicted molar refractivity (Wildman–Crippen MR) is 229 cm³/mol. The maximum Gasteiger partial charge on any atom is 0.174 e. The number of carbonyl (C=O) groups is 1. The molecule has 0 aliphatic heterocycles. The number of aliphatic hydroxyl groups is 1. The molecule has 0 atom stereocenters. The Balaban J connectivity index is 0.000000372. The maximum absolute atomic E-state index is 16.3. The molecule has 1 radical (unpaired) electrons. The van der Waals surface area contributed by atoms with Crippen molar-refractivity contribution in [2.45, 2.75) is 114 Å². The van der Waals surface area contributed by atoms with E-state index in [1.165, 1.54) is 22.6 Å². The van der Waals surface area contributed by atoms with E-state index in [2.05, 4.69) is 90.9 Å². The van der Waals surface area contributed by atoms with Crippen molar-refractivity contribution >= 4 is 38.5 Å². The van der Waals surface area contributed by atoms with Gasteiger partial charge < -0.3 is 9.52 Å². The number of fused-ring (bicyclic) bond motifs is 4. The summed E-state index contributed by atoms with van der Waals surface area (Å²) in [7, 11) is 0. The Morgan fingerprint density at radius 3 is 2.05 bits per heavy atom. The summed E-state index contributed by atoms with van der Waals surface area (Å²) in [5.74, 6) is 0.780. The van der Waals surface area contributed by atoms with Gasteiger partial charge in [-0.15, -0.1) is 29.1 Å². The minimum absolute atomic E-state index is 0. The molecule has 0 saturated carbocycles. The number of hydrogen-bond donors (Lipinski definition) is 1. The molecule has 0 unspecified atom stereocenters. The summed E-state index contributed by atoms with van der Waals surface area (Å²) in [6, 6.07) is 24.2. The van der Waals surface area contributed by atoms with Crippen molar-refractivity contribution in [1.82, 2.24) is 4.98 Å². The van der Waals surface area contributed by atoms with Crippen LogP contribution in [0.5, 0.6) is 0 Å². The molecule has 0 saturated heterocycles. The molecule has 0 fully saturated rings. The number of hydrogen-bond acceptors (Lipinski definition) is 4. The summed E-state index contributed by atoms with van der Waals surface area (Å²) in [6.45, 7) is 23.3. The summed E-state index contributed by atoms with van der Waals surface area (Å²) in [5.41, 5.74) is 8.46. The molecule has 2 heterocycles. The monoisotopic (exact) mass is 933 g/mol. The van der Waals surface area contributed by atoms with Crippen LogP contribution in [0.15, 0.2) is 83.1 Å². The first-order valence-corrected chi connectivity index (χ1v) is 20.1. The Bertz CT molecular complexity index is 2310. The second-order valence-corrected chi connectivity index (χ2v) is 16.5. The van der Waals surface area contributed by atoms with Crippen molar-refractivity contribution in [1.29, 1.82) is 0 Å². The summed E-state index contributed by atoms with van der Waals surface area (Å²) in [5, 5.41) is 13.6. The quantitative estimate of drug-likeness (QED) is 0.0799. The number of pyridine rings is 1. The molecular formula is C50H59FIrNO3-. The van der Waals surface area contributed by atoms with Gasteiger partial charge in [0.15, 0.2) is 17.2 Å². The molecule has 2 aromatic heterocycles. The van der Waals surface area contributed by atoms with Crippen molar-refractivity contribution in [2.75, 3.05) is 0 Å². The van der Waals surface area contributed by atoms with Crippen molar-refractivity contribution in [3.8, 4) is 22.4 Å². The number of nitrogens with zero attached hydrogens (tertiary/aromatic N) is 1. The normalized spacial score (nSPS) is 12.2. The molecule has 6 heteroatoms. The maximum atomic E-state index is 16.3. The van der Waals surface area contributed by atoms with E-state index in [-0.39, 0.29) is 60.3 Å². The number of aliphatic hydroxyl groups excluding tert-OH is 1. The minimum Gasteiger partial charge on any atom is -0.512 e. The second-order valence-electron chi connectivity index (χ2n) is 16.5. The molecule has 0 spiro atoms. The minimum atomic E-state index is -0.333. The Morgan fingerprint density at radius 1 is 0.857 bits per heavy atom. The van der Waals surface area contributed by atoms with Crippen LogP contribution in [0.1, 0.15) is 110 Å². The summed E-state index contributed by atoms with van der Waals surface area (Å²) < 4.78 is 22.7. The van der Waals surface area contributed by atoms with Crippen LogP contribution in [0.3, 0.4) is 0 Å². The van der Waals surface area contributed by atoms with Gasteiger partial charge in [0.2, 0.25) is 0 Å². The predicted octanol–water partition coefficient (Wildman–Crippen LogP) is 14.4. The van der Waals surface area contributed by atoms with Crippen molar-refractivity contribution in [3.05, 3.63) is 113 Å². The van der Waals surface area contributed by atoms with Gasteiger partial charge in [-0.3, -0.25) is 9.78 Å². The van der Waals surface area contributed by atoms with Crippen LogP contribution in [-0.2, 0) is 36.7 Å². The third-order valence-electron chi connectivity index (χ3n) is 10.9. The fraction of sp³-hybridized carbons (Fsp3) is 0.400. The van der Waals surface area contributed by atoms with E-state index in [1.807, 2.05) is 52.0 Å². The molecule has 0 bridgehead atoms. The smallest absolute Gasteiger partial charge is 0.174 e. The Labute approximate surface area is 347 Å². The number of aryl methyl sites for hydroxylation is 2. The Hall–Kier alpha value is -4.12. The van der Waals surface area contributed by atoms with Crippen LogP contribution < -0.4 is 0 Å². The summed E-state index contributed by atoms with van der Waals surface area (Å²) >= 11 is 0. The second kappa shape index (κ2) is 18.9. The number of furan rings is 1. The van der Waals surface area contributed by atoms with Crippen LogP contribution in [-0.4, -0.2) is 15.9 Å². The van der Waals surface area contributed by atoms with E-state index in [0.717, 1.165) is 70.5 Å². The van der Waals surface area contributed by atoms with Gasteiger partial charge in [0.25, 0.3) is 0 Å². The zero-order valence-electron chi connectivity index (χ0n) is 35.1.